The van der Waals surface area contributed by atoms with Gasteiger partial charge in [-0.15, -0.1) is 10.2 Å². The largest absolute Gasteiger partial charge is 0.399 e. The molecule has 0 saturated carbocycles. The van der Waals surface area contributed by atoms with E-state index in [0.717, 1.165) is 11.5 Å². The number of nitrogens with two attached hydrogens (primary N) is 1. The number of hydrogen-bond donors (Lipinski definition) is 1. The molecule has 0 saturated heterocycles. The van der Waals surface area contributed by atoms with Crippen molar-refractivity contribution in [3.63, 3.8) is 0 Å². The number of anilines is 1. The normalized spacial score (nSPS) is 12.1. The van der Waals surface area contributed by atoms with E-state index in [4.69, 9.17) is 5.73 Å². The number of aromatic nitrogens is 3. The molecular formula is C14H20N4. The highest BCUT2D eigenvalue weighted by atomic mass is 15.3. The fourth-order valence-corrected chi connectivity index (χ4v) is 2.10. The summed E-state index contributed by atoms with van der Waals surface area (Å²) in [6, 6.07) is 8.30. The Kier molecular flexibility index (Phi) is 3.11. The highest BCUT2D eigenvalue weighted by Gasteiger charge is 2.29. The predicted octanol–water partition coefficient (Wildman–Crippen LogP) is 2.77. The zero-order valence-corrected chi connectivity index (χ0v) is 11.4. The van der Waals surface area contributed by atoms with E-state index < -0.39 is 0 Å². The fraction of sp³-hybridized carbons (Fsp3) is 0.429. The van der Waals surface area contributed by atoms with Gasteiger partial charge in [-0.25, -0.2) is 0 Å². The molecule has 1 heterocycles. The molecule has 0 aliphatic carbocycles. The summed E-state index contributed by atoms with van der Waals surface area (Å²) in [5.41, 5.74) is 7.51. The zero-order valence-electron chi connectivity index (χ0n) is 11.4. The van der Waals surface area contributed by atoms with Gasteiger partial charge in [-0.3, -0.25) is 0 Å². The first kappa shape index (κ1) is 12.6. The van der Waals surface area contributed by atoms with Gasteiger partial charge in [0.05, 0.1) is 0 Å². The predicted molar refractivity (Wildman–Crippen MR) is 73.4 cm³/mol. The Balaban J connectivity index is 2.47. The van der Waals surface area contributed by atoms with Crippen molar-refractivity contribution in [2.24, 2.45) is 0 Å². The van der Waals surface area contributed by atoms with Crippen LogP contribution >= 0.6 is 0 Å². The Hall–Kier alpha value is -1.84. The molecule has 0 amide bonds. The number of rotatable bonds is 3. The van der Waals surface area contributed by atoms with E-state index in [0.29, 0.717) is 6.04 Å². The van der Waals surface area contributed by atoms with Crippen molar-refractivity contribution in [2.45, 2.75) is 39.2 Å². The van der Waals surface area contributed by atoms with Gasteiger partial charge in [-0.1, -0.05) is 12.1 Å². The highest BCUT2D eigenvalue weighted by Crippen LogP contribution is 2.31. The summed E-state index contributed by atoms with van der Waals surface area (Å²) in [4.78, 5) is 0. The lowest BCUT2D eigenvalue weighted by atomic mass is 9.83. The minimum atomic E-state index is -0.186. The molecule has 2 rings (SSSR count). The van der Waals surface area contributed by atoms with Gasteiger partial charge < -0.3 is 10.3 Å². The third-order valence-electron chi connectivity index (χ3n) is 3.32. The molecule has 0 spiro atoms. The molecule has 0 bridgehead atoms. The molecule has 18 heavy (non-hydrogen) atoms. The van der Waals surface area contributed by atoms with E-state index in [9.17, 15) is 0 Å². The van der Waals surface area contributed by atoms with Crippen molar-refractivity contribution >= 4 is 5.69 Å². The monoisotopic (exact) mass is 244 g/mol. The van der Waals surface area contributed by atoms with E-state index in [-0.39, 0.29) is 5.41 Å². The zero-order chi connectivity index (χ0) is 13.3. The Morgan fingerprint density at radius 3 is 2.33 bits per heavy atom. The number of hydrogen-bond acceptors (Lipinski definition) is 3. The smallest absolute Gasteiger partial charge is 0.143 e. The Bertz CT molecular complexity index is 523. The molecule has 0 aliphatic heterocycles. The summed E-state index contributed by atoms with van der Waals surface area (Å²) in [6.07, 6.45) is 1.79. The lowest BCUT2D eigenvalue weighted by molar-refractivity contribution is 0.492. The first-order valence-corrected chi connectivity index (χ1v) is 6.19. The van der Waals surface area contributed by atoms with Gasteiger partial charge in [0.1, 0.15) is 12.2 Å². The second-order valence-corrected chi connectivity index (χ2v) is 5.40. The minimum absolute atomic E-state index is 0.186. The van der Waals surface area contributed by atoms with Crippen LogP contribution in [0.4, 0.5) is 5.69 Å². The van der Waals surface area contributed by atoms with Crippen LogP contribution < -0.4 is 5.73 Å². The first-order valence-electron chi connectivity index (χ1n) is 6.19. The summed E-state index contributed by atoms with van der Waals surface area (Å²) in [5, 5.41) is 8.33. The molecule has 0 radical (unpaired) electrons. The molecule has 4 heteroatoms. The van der Waals surface area contributed by atoms with Crippen molar-refractivity contribution in [2.75, 3.05) is 5.73 Å². The molecule has 0 unspecified atom stereocenters. The van der Waals surface area contributed by atoms with Gasteiger partial charge >= 0.3 is 0 Å². The number of nitrogens with zero attached hydrogens (tertiary/aromatic N) is 3. The number of benzene rings is 1. The van der Waals surface area contributed by atoms with Crippen LogP contribution in [-0.4, -0.2) is 14.8 Å². The minimum Gasteiger partial charge on any atom is -0.399 e. The van der Waals surface area contributed by atoms with Crippen molar-refractivity contribution in [3.8, 4) is 0 Å². The lowest BCUT2D eigenvalue weighted by Crippen LogP contribution is -2.25. The molecule has 0 fully saturated rings. The topological polar surface area (TPSA) is 56.7 Å². The van der Waals surface area contributed by atoms with Gasteiger partial charge in [0.2, 0.25) is 0 Å². The van der Waals surface area contributed by atoms with Crippen LogP contribution in [-0.2, 0) is 5.41 Å². The first-order chi connectivity index (χ1) is 8.43. The summed E-state index contributed by atoms with van der Waals surface area (Å²) < 4.78 is 2.11. The maximum absolute atomic E-state index is 5.73. The molecule has 0 atom stereocenters. The summed E-state index contributed by atoms with van der Waals surface area (Å²) in [7, 11) is 0. The van der Waals surface area contributed by atoms with Crippen LogP contribution in [0.3, 0.4) is 0 Å². The van der Waals surface area contributed by atoms with Crippen molar-refractivity contribution in [1.29, 1.82) is 0 Å². The molecule has 1 aromatic carbocycles. The third kappa shape index (κ3) is 2.10. The van der Waals surface area contributed by atoms with E-state index in [1.807, 2.05) is 12.1 Å². The molecule has 2 N–H and O–H groups in total. The molecule has 1 aromatic heterocycles. The van der Waals surface area contributed by atoms with Crippen LogP contribution in [0.25, 0.3) is 0 Å². The standard InChI is InChI=1S/C14H20N4/c1-10(2)18-9-16-17-13(18)14(3,4)11-5-7-12(15)8-6-11/h5-10H,15H2,1-4H3. The second-order valence-electron chi connectivity index (χ2n) is 5.40. The maximum Gasteiger partial charge on any atom is 0.143 e. The molecule has 0 aliphatic rings. The second kappa shape index (κ2) is 4.44. The fourth-order valence-electron chi connectivity index (χ4n) is 2.10. The summed E-state index contributed by atoms with van der Waals surface area (Å²) in [5.74, 6) is 0.974. The van der Waals surface area contributed by atoms with Crippen LogP contribution in [0.2, 0.25) is 0 Å². The van der Waals surface area contributed by atoms with Crippen molar-refractivity contribution < 1.29 is 0 Å². The van der Waals surface area contributed by atoms with E-state index >= 15 is 0 Å². The quantitative estimate of drug-likeness (QED) is 0.845. The molecule has 2 aromatic rings. The van der Waals surface area contributed by atoms with Crippen LogP contribution in [0, 0.1) is 0 Å². The Morgan fingerprint density at radius 1 is 1.17 bits per heavy atom. The average molecular weight is 244 g/mol. The Morgan fingerprint density at radius 2 is 1.78 bits per heavy atom. The van der Waals surface area contributed by atoms with Crippen LogP contribution in [0.1, 0.15) is 45.1 Å². The van der Waals surface area contributed by atoms with E-state index in [1.165, 1.54) is 5.56 Å². The number of nitrogen functional groups attached to an aromatic ring is 1. The maximum atomic E-state index is 5.73. The lowest BCUT2D eigenvalue weighted by Gasteiger charge is -2.26. The summed E-state index contributed by atoms with van der Waals surface area (Å²) >= 11 is 0. The van der Waals surface area contributed by atoms with Crippen LogP contribution in [0.15, 0.2) is 30.6 Å². The van der Waals surface area contributed by atoms with Crippen molar-refractivity contribution in [1.82, 2.24) is 14.8 Å². The average Bonchev–Trinajstić information content (AvgIpc) is 2.79. The highest BCUT2D eigenvalue weighted by molar-refractivity contribution is 5.43. The van der Waals surface area contributed by atoms with Gasteiger partial charge in [-0.2, -0.15) is 0 Å². The van der Waals surface area contributed by atoms with E-state index in [2.05, 4.69) is 54.6 Å². The Labute approximate surface area is 108 Å². The van der Waals surface area contributed by atoms with Gasteiger partial charge in [-0.05, 0) is 45.4 Å². The molecule has 96 valence electrons. The summed E-state index contributed by atoms with van der Waals surface area (Å²) in [6.45, 7) is 8.57. The van der Waals surface area contributed by atoms with Crippen molar-refractivity contribution in [3.05, 3.63) is 42.0 Å². The van der Waals surface area contributed by atoms with Gasteiger partial charge in [0.25, 0.3) is 0 Å². The SMILES string of the molecule is CC(C)n1cnnc1C(C)(C)c1ccc(N)cc1. The molecule has 4 nitrogen and oxygen atoms in total. The molecular weight excluding hydrogens is 224 g/mol. The van der Waals surface area contributed by atoms with Gasteiger partial charge in [0.15, 0.2) is 0 Å². The van der Waals surface area contributed by atoms with Crippen LogP contribution in [0.5, 0.6) is 0 Å². The third-order valence-corrected chi connectivity index (χ3v) is 3.32. The van der Waals surface area contributed by atoms with E-state index in [1.54, 1.807) is 6.33 Å². The van der Waals surface area contributed by atoms with Gasteiger partial charge in [0, 0.05) is 17.1 Å².